The van der Waals surface area contributed by atoms with Crippen LogP contribution in [0.15, 0.2) is 36.0 Å². The van der Waals surface area contributed by atoms with Crippen molar-refractivity contribution in [3.05, 3.63) is 36.0 Å². The van der Waals surface area contributed by atoms with E-state index in [1.807, 2.05) is 19.9 Å². The predicted molar refractivity (Wildman–Crippen MR) is 212 cm³/mol. The van der Waals surface area contributed by atoms with E-state index in [0.717, 1.165) is 24.8 Å². The number of Topliss-reactive ketones (excluding diaryl/α,β-unsaturated/α-hetero) is 1. The smallest absolute Gasteiger partial charge is 0.329 e. The lowest BCUT2D eigenvalue weighted by atomic mass is 9.81. The number of esters is 1. The molecular weight excluding hydrogens is 718 g/mol. The van der Waals surface area contributed by atoms with E-state index in [9.17, 15) is 29.7 Å². The number of piperidine rings is 1. The number of allylic oxidation sites excluding steroid dienone is 4. The SMILES string of the molecule is C=CCC1/C=C(\C)CC(C)CC(OC)C2OC(O)(C(=O)C(=O)N3CCCCC3C(=O)OC(/C(C)=C/C3CCC(O)C(OC)C3)C(C)C(O)CC1)C(C)CC2OC. The molecule has 0 radical (unpaired) electrons. The molecule has 0 aromatic carbocycles. The fourth-order valence-electron chi connectivity index (χ4n) is 9.60. The summed E-state index contributed by atoms with van der Waals surface area (Å²) in [6.07, 6.45) is 8.66. The summed E-state index contributed by atoms with van der Waals surface area (Å²) in [6.45, 7) is 13.8. The first-order valence-corrected chi connectivity index (χ1v) is 20.9. The molecule has 3 N–H and O–H groups in total. The summed E-state index contributed by atoms with van der Waals surface area (Å²) in [5.41, 5.74) is 1.95. The first-order valence-electron chi connectivity index (χ1n) is 20.9. The number of hydrogen-bond donors (Lipinski definition) is 3. The summed E-state index contributed by atoms with van der Waals surface area (Å²) in [5.74, 6) is -6.24. The summed E-state index contributed by atoms with van der Waals surface area (Å²) in [4.78, 5) is 44.0. The number of carbonyl (C=O) groups excluding carboxylic acids is 3. The first kappa shape index (κ1) is 46.2. The summed E-state index contributed by atoms with van der Waals surface area (Å²) >= 11 is 0. The van der Waals surface area contributed by atoms with Crippen LogP contribution in [0, 0.1) is 29.6 Å². The average Bonchev–Trinajstić information content (AvgIpc) is 3.18. The zero-order valence-electron chi connectivity index (χ0n) is 35.2. The Labute approximate surface area is 335 Å². The molecule has 0 aromatic rings. The lowest BCUT2D eigenvalue weighted by Gasteiger charge is -2.47. The van der Waals surface area contributed by atoms with Gasteiger partial charge in [0.25, 0.3) is 11.7 Å². The summed E-state index contributed by atoms with van der Waals surface area (Å²) in [7, 11) is 4.72. The molecule has 1 aliphatic carbocycles. The maximum absolute atomic E-state index is 14.3. The number of ketones is 1. The number of hydrogen-bond acceptors (Lipinski definition) is 11. The Hall–Kier alpha value is -2.45. The van der Waals surface area contributed by atoms with E-state index in [1.54, 1.807) is 28.3 Å². The van der Waals surface area contributed by atoms with Crippen molar-refractivity contribution >= 4 is 17.7 Å². The molecule has 4 aliphatic rings. The van der Waals surface area contributed by atoms with Gasteiger partial charge in [-0.25, -0.2) is 4.79 Å². The Morgan fingerprint density at radius 2 is 1.59 bits per heavy atom. The molecule has 0 aromatic heterocycles. The van der Waals surface area contributed by atoms with Crippen LogP contribution in [-0.4, -0.2) is 120 Å². The maximum Gasteiger partial charge on any atom is 0.329 e. The number of cyclic esters (lactones) is 1. The monoisotopic (exact) mass is 790 g/mol. The molecule has 1 saturated carbocycles. The summed E-state index contributed by atoms with van der Waals surface area (Å²) in [5, 5.41) is 34.2. The Bertz CT molecular complexity index is 1400. The van der Waals surface area contributed by atoms with Crippen molar-refractivity contribution in [3.8, 4) is 0 Å². The van der Waals surface area contributed by atoms with E-state index in [0.29, 0.717) is 44.9 Å². The highest BCUT2D eigenvalue weighted by atomic mass is 16.7. The molecule has 3 aliphatic heterocycles. The molecule has 3 heterocycles. The molecule has 4 rings (SSSR count). The minimum Gasteiger partial charge on any atom is -0.456 e. The van der Waals surface area contributed by atoms with Crippen LogP contribution in [-0.2, 0) is 38.1 Å². The van der Waals surface area contributed by atoms with Crippen molar-refractivity contribution in [3.63, 3.8) is 0 Å². The van der Waals surface area contributed by atoms with Crippen molar-refractivity contribution in [1.29, 1.82) is 0 Å². The minimum atomic E-state index is -2.47. The van der Waals surface area contributed by atoms with Crippen LogP contribution in [0.1, 0.15) is 112 Å². The largest absolute Gasteiger partial charge is 0.456 e. The van der Waals surface area contributed by atoms with Gasteiger partial charge < -0.3 is 43.9 Å². The van der Waals surface area contributed by atoms with Crippen LogP contribution in [0.5, 0.6) is 0 Å². The molecule has 318 valence electrons. The Balaban J connectivity index is 1.75. The topological polar surface area (TPSA) is 161 Å². The Morgan fingerprint density at radius 1 is 0.929 bits per heavy atom. The molecule has 12 nitrogen and oxygen atoms in total. The zero-order chi connectivity index (χ0) is 41.3. The van der Waals surface area contributed by atoms with E-state index in [-0.39, 0.29) is 43.2 Å². The molecule has 12 heteroatoms. The number of aliphatic hydroxyl groups excluding tert-OH is 2. The Morgan fingerprint density at radius 3 is 2.25 bits per heavy atom. The normalized spacial score (nSPS) is 41.4. The van der Waals surface area contributed by atoms with Crippen LogP contribution in [0.2, 0.25) is 0 Å². The zero-order valence-corrected chi connectivity index (χ0v) is 35.2. The number of ether oxygens (including phenoxy) is 5. The van der Waals surface area contributed by atoms with E-state index in [1.165, 1.54) is 10.5 Å². The molecule has 2 bridgehead atoms. The molecule has 14 unspecified atom stereocenters. The van der Waals surface area contributed by atoms with Crippen molar-refractivity contribution in [2.24, 2.45) is 29.6 Å². The fourth-order valence-corrected chi connectivity index (χ4v) is 9.60. The van der Waals surface area contributed by atoms with Gasteiger partial charge in [-0.1, -0.05) is 44.6 Å². The summed E-state index contributed by atoms with van der Waals surface area (Å²) in [6, 6.07) is -1.07. The van der Waals surface area contributed by atoms with E-state index < -0.39 is 77.9 Å². The number of rotatable bonds is 7. The lowest BCUT2D eigenvalue weighted by molar-refractivity contribution is -0.302. The van der Waals surface area contributed by atoms with Crippen LogP contribution in [0.3, 0.4) is 0 Å². The second-order valence-electron chi connectivity index (χ2n) is 17.3. The second-order valence-corrected chi connectivity index (χ2v) is 17.3. The quantitative estimate of drug-likeness (QED) is 0.171. The van der Waals surface area contributed by atoms with Gasteiger partial charge in [-0.15, -0.1) is 6.58 Å². The van der Waals surface area contributed by atoms with Crippen molar-refractivity contribution in [2.45, 2.75) is 166 Å². The second kappa shape index (κ2) is 21.0. The van der Waals surface area contributed by atoms with E-state index in [4.69, 9.17) is 23.7 Å². The molecule has 0 spiro atoms. The van der Waals surface area contributed by atoms with E-state index in [2.05, 4.69) is 32.6 Å². The number of fused-ring (bicyclic) bond motifs is 3. The highest BCUT2D eigenvalue weighted by Gasteiger charge is 2.56. The molecule has 2 saturated heterocycles. The van der Waals surface area contributed by atoms with Gasteiger partial charge in [-0.05, 0) is 114 Å². The third kappa shape index (κ3) is 11.2. The fraction of sp³-hybridized carbons (Fsp3) is 0.795. The molecule has 56 heavy (non-hydrogen) atoms. The standard InChI is InChI=1S/C44H71NO11/c1-10-13-31-15-17-34(46)30(6)39(28(4)23-32-16-18-35(47)36(25-32)52-7)55-43(50)33-14-11-12-19-45(33)42(49)41(48)44(51)29(5)24-38(54-9)40(56-44)37(53-8)22-27(3)20-26(2)21-31/h10,21,23,27,29-40,46-47,51H,1,11-20,22,24-25H2,2-9H3/b26-21+,28-23+. The van der Waals surface area contributed by atoms with Gasteiger partial charge in [-0.2, -0.15) is 0 Å². The number of methoxy groups -OCH3 is 3. The maximum atomic E-state index is 14.3. The van der Waals surface area contributed by atoms with Gasteiger partial charge in [0, 0.05) is 39.7 Å². The molecule has 3 fully saturated rings. The van der Waals surface area contributed by atoms with Gasteiger partial charge in [0.1, 0.15) is 18.2 Å². The van der Waals surface area contributed by atoms with Crippen LogP contribution < -0.4 is 0 Å². The number of nitrogens with zero attached hydrogens (tertiary/aromatic N) is 1. The lowest BCUT2D eigenvalue weighted by Crippen LogP contribution is -2.64. The Kier molecular flexibility index (Phi) is 17.3. The van der Waals surface area contributed by atoms with Crippen LogP contribution in [0.4, 0.5) is 0 Å². The highest BCUT2D eigenvalue weighted by molar-refractivity contribution is 6.39. The van der Waals surface area contributed by atoms with Gasteiger partial charge in [0.2, 0.25) is 5.79 Å². The van der Waals surface area contributed by atoms with Gasteiger partial charge in [-0.3, -0.25) is 9.59 Å². The van der Waals surface area contributed by atoms with Crippen LogP contribution >= 0.6 is 0 Å². The van der Waals surface area contributed by atoms with Crippen molar-refractivity contribution < 1.29 is 53.4 Å². The van der Waals surface area contributed by atoms with Crippen LogP contribution in [0.25, 0.3) is 0 Å². The van der Waals surface area contributed by atoms with Crippen molar-refractivity contribution in [2.75, 3.05) is 27.9 Å². The van der Waals surface area contributed by atoms with Gasteiger partial charge in [0.05, 0.1) is 30.5 Å². The number of amides is 1. The van der Waals surface area contributed by atoms with E-state index >= 15 is 0 Å². The molecule has 1 amide bonds. The minimum absolute atomic E-state index is 0.0619. The number of aliphatic hydroxyl groups is 3. The van der Waals surface area contributed by atoms with Gasteiger partial charge >= 0.3 is 5.97 Å². The van der Waals surface area contributed by atoms with Gasteiger partial charge in [0.15, 0.2) is 0 Å². The summed E-state index contributed by atoms with van der Waals surface area (Å²) < 4.78 is 29.9. The number of carbonyl (C=O) groups is 3. The molecular formula is C44H71NO11. The predicted octanol–water partition coefficient (Wildman–Crippen LogP) is 5.46. The van der Waals surface area contributed by atoms with Crippen molar-refractivity contribution in [1.82, 2.24) is 4.90 Å². The first-order chi connectivity index (χ1) is 26.6. The third-order valence-corrected chi connectivity index (χ3v) is 13.0. The highest BCUT2D eigenvalue weighted by Crippen LogP contribution is 2.39. The third-order valence-electron chi connectivity index (χ3n) is 13.0. The average molecular weight is 790 g/mol. The molecule has 14 atom stereocenters.